The van der Waals surface area contributed by atoms with Gasteiger partial charge in [0.15, 0.2) is 5.65 Å². The lowest BCUT2D eigenvalue weighted by Gasteiger charge is -2.23. The lowest BCUT2D eigenvalue weighted by atomic mass is 9.85. The maximum atomic E-state index is 13.0. The molecular formula is C21H24N4O2. The quantitative estimate of drug-likeness (QED) is 0.731. The Bertz CT molecular complexity index is 1030. The number of nitrogens with zero attached hydrogens (tertiary/aromatic N) is 3. The summed E-state index contributed by atoms with van der Waals surface area (Å²) >= 11 is 0. The molecule has 1 aliphatic carbocycles. The van der Waals surface area contributed by atoms with Crippen LogP contribution in [-0.4, -0.2) is 26.6 Å². The first-order valence-corrected chi connectivity index (χ1v) is 9.51. The van der Waals surface area contributed by atoms with Gasteiger partial charge in [0, 0.05) is 25.2 Å². The van der Waals surface area contributed by atoms with E-state index in [-0.39, 0.29) is 17.5 Å². The fourth-order valence-corrected chi connectivity index (χ4v) is 3.60. The van der Waals surface area contributed by atoms with Crippen molar-refractivity contribution in [2.24, 2.45) is 5.92 Å². The minimum Gasteiger partial charge on any atom is -0.354 e. The molecule has 0 spiro atoms. The molecule has 0 bridgehead atoms. The predicted octanol–water partition coefficient (Wildman–Crippen LogP) is 2.47. The number of aryl methyl sites for hydroxylation is 1. The van der Waals surface area contributed by atoms with Crippen LogP contribution in [0, 0.1) is 12.8 Å². The van der Waals surface area contributed by atoms with Crippen molar-refractivity contribution < 1.29 is 4.79 Å². The first kappa shape index (κ1) is 17.5. The lowest BCUT2D eigenvalue weighted by Crippen LogP contribution is -2.37. The molecule has 0 saturated heterocycles. The number of aromatic nitrogens is 3. The number of nitrogens with one attached hydrogen (secondary N) is 1. The number of carbonyl (C=O) groups is 1. The molecule has 1 saturated carbocycles. The van der Waals surface area contributed by atoms with Crippen molar-refractivity contribution in [3.63, 3.8) is 0 Å². The van der Waals surface area contributed by atoms with Crippen LogP contribution >= 0.6 is 0 Å². The van der Waals surface area contributed by atoms with Crippen molar-refractivity contribution in [1.29, 1.82) is 0 Å². The van der Waals surface area contributed by atoms with Crippen LogP contribution in [0.1, 0.15) is 30.4 Å². The molecule has 0 atom stereocenters. The predicted molar refractivity (Wildman–Crippen MR) is 105 cm³/mol. The Morgan fingerprint density at radius 1 is 1.22 bits per heavy atom. The van der Waals surface area contributed by atoms with Gasteiger partial charge < -0.3 is 5.32 Å². The SMILES string of the molecule is Cc1cccc(Cn2c(=O)n(CCNC(=O)C3CCC3)c3ncccc32)c1. The number of pyridine rings is 1. The number of amides is 1. The van der Waals surface area contributed by atoms with Gasteiger partial charge in [0.25, 0.3) is 0 Å². The normalized spacial score (nSPS) is 14.3. The molecular weight excluding hydrogens is 340 g/mol. The zero-order valence-electron chi connectivity index (χ0n) is 15.5. The summed E-state index contributed by atoms with van der Waals surface area (Å²) in [6.45, 7) is 3.41. The van der Waals surface area contributed by atoms with Crippen LogP contribution in [0.4, 0.5) is 0 Å². The lowest BCUT2D eigenvalue weighted by molar-refractivity contribution is -0.127. The summed E-state index contributed by atoms with van der Waals surface area (Å²) in [4.78, 5) is 29.5. The number of fused-ring (bicyclic) bond motifs is 1. The molecule has 6 heteroatoms. The Morgan fingerprint density at radius 2 is 2.07 bits per heavy atom. The fraction of sp³-hybridized carbons (Fsp3) is 0.381. The van der Waals surface area contributed by atoms with E-state index in [0.717, 1.165) is 30.3 Å². The standard InChI is InChI=1S/C21H24N4O2/c1-15-5-2-6-16(13-15)14-25-18-9-4-10-22-19(18)24(21(25)27)12-11-23-20(26)17-7-3-8-17/h2,4-6,9-10,13,17H,3,7-8,11-12,14H2,1H3,(H,23,26). The second-order valence-electron chi connectivity index (χ2n) is 7.27. The molecule has 140 valence electrons. The van der Waals surface area contributed by atoms with E-state index in [1.54, 1.807) is 15.3 Å². The Morgan fingerprint density at radius 3 is 2.81 bits per heavy atom. The molecule has 1 aromatic carbocycles. The first-order chi connectivity index (χ1) is 13.1. The van der Waals surface area contributed by atoms with E-state index in [0.29, 0.717) is 25.3 Å². The topological polar surface area (TPSA) is 68.9 Å². The summed E-state index contributed by atoms with van der Waals surface area (Å²) < 4.78 is 3.41. The molecule has 4 rings (SSSR count). The summed E-state index contributed by atoms with van der Waals surface area (Å²) in [7, 11) is 0. The van der Waals surface area contributed by atoms with Gasteiger partial charge in [0.2, 0.25) is 5.91 Å². The summed E-state index contributed by atoms with van der Waals surface area (Å²) in [6.07, 6.45) is 4.78. The molecule has 0 aliphatic heterocycles. The highest BCUT2D eigenvalue weighted by molar-refractivity contribution is 5.79. The van der Waals surface area contributed by atoms with Gasteiger partial charge in [-0.15, -0.1) is 0 Å². The minimum absolute atomic E-state index is 0.0944. The Hall–Kier alpha value is -2.89. The third-order valence-corrected chi connectivity index (χ3v) is 5.31. The van der Waals surface area contributed by atoms with Crippen molar-refractivity contribution in [3.05, 3.63) is 64.2 Å². The van der Waals surface area contributed by atoms with Crippen LogP contribution in [0.3, 0.4) is 0 Å². The molecule has 1 N–H and O–H groups in total. The highest BCUT2D eigenvalue weighted by Gasteiger charge is 2.24. The summed E-state index contributed by atoms with van der Waals surface area (Å²) in [5.41, 5.74) is 3.63. The maximum absolute atomic E-state index is 13.0. The van der Waals surface area contributed by atoms with E-state index in [4.69, 9.17) is 0 Å². The zero-order chi connectivity index (χ0) is 18.8. The third kappa shape index (κ3) is 3.52. The highest BCUT2D eigenvalue weighted by Crippen LogP contribution is 2.26. The molecule has 0 unspecified atom stereocenters. The minimum atomic E-state index is -0.0944. The molecule has 2 heterocycles. The maximum Gasteiger partial charge on any atom is 0.330 e. The van der Waals surface area contributed by atoms with Crippen molar-refractivity contribution in [1.82, 2.24) is 19.4 Å². The van der Waals surface area contributed by atoms with E-state index < -0.39 is 0 Å². The molecule has 1 aliphatic rings. The van der Waals surface area contributed by atoms with Gasteiger partial charge in [-0.25, -0.2) is 9.78 Å². The molecule has 6 nitrogen and oxygen atoms in total. The number of benzene rings is 1. The second-order valence-corrected chi connectivity index (χ2v) is 7.27. The number of hydrogen-bond donors (Lipinski definition) is 1. The summed E-state index contributed by atoms with van der Waals surface area (Å²) in [5.74, 6) is 0.258. The van der Waals surface area contributed by atoms with E-state index in [1.807, 2.05) is 37.3 Å². The van der Waals surface area contributed by atoms with Gasteiger partial charge in [-0.1, -0.05) is 36.2 Å². The van der Waals surface area contributed by atoms with Gasteiger partial charge in [0.1, 0.15) is 0 Å². The van der Waals surface area contributed by atoms with Gasteiger partial charge >= 0.3 is 5.69 Å². The third-order valence-electron chi connectivity index (χ3n) is 5.31. The average molecular weight is 364 g/mol. The van der Waals surface area contributed by atoms with Crippen LogP contribution in [-0.2, 0) is 17.9 Å². The summed E-state index contributed by atoms with van der Waals surface area (Å²) in [6, 6.07) is 11.9. The molecule has 2 aromatic heterocycles. The average Bonchev–Trinajstić information content (AvgIpc) is 2.86. The van der Waals surface area contributed by atoms with E-state index in [1.165, 1.54) is 5.56 Å². The number of carbonyl (C=O) groups excluding carboxylic acids is 1. The molecule has 27 heavy (non-hydrogen) atoms. The van der Waals surface area contributed by atoms with Crippen molar-refractivity contribution in [3.8, 4) is 0 Å². The molecule has 1 amide bonds. The van der Waals surface area contributed by atoms with Crippen LogP contribution in [0.25, 0.3) is 11.2 Å². The monoisotopic (exact) mass is 364 g/mol. The van der Waals surface area contributed by atoms with Crippen LogP contribution in [0.5, 0.6) is 0 Å². The highest BCUT2D eigenvalue weighted by atomic mass is 16.2. The van der Waals surface area contributed by atoms with Gasteiger partial charge in [0.05, 0.1) is 12.1 Å². The van der Waals surface area contributed by atoms with Crippen LogP contribution in [0.15, 0.2) is 47.4 Å². The number of rotatable bonds is 6. The molecule has 3 aromatic rings. The number of hydrogen-bond acceptors (Lipinski definition) is 3. The zero-order valence-corrected chi connectivity index (χ0v) is 15.5. The number of imidazole rings is 1. The first-order valence-electron chi connectivity index (χ1n) is 9.51. The second kappa shape index (κ2) is 7.39. The molecule has 1 fully saturated rings. The van der Waals surface area contributed by atoms with Crippen molar-refractivity contribution in [2.45, 2.75) is 39.3 Å². The van der Waals surface area contributed by atoms with E-state index in [2.05, 4.69) is 16.4 Å². The Labute approximate surface area is 157 Å². The van der Waals surface area contributed by atoms with Gasteiger partial charge in [-0.3, -0.25) is 13.9 Å². The Kier molecular flexibility index (Phi) is 4.79. The van der Waals surface area contributed by atoms with Gasteiger partial charge in [-0.05, 0) is 37.5 Å². The fourth-order valence-electron chi connectivity index (χ4n) is 3.60. The van der Waals surface area contributed by atoms with E-state index in [9.17, 15) is 9.59 Å². The van der Waals surface area contributed by atoms with Crippen LogP contribution < -0.4 is 11.0 Å². The van der Waals surface area contributed by atoms with E-state index >= 15 is 0 Å². The van der Waals surface area contributed by atoms with Crippen molar-refractivity contribution >= 4 is 17.1 Å². The smallest absolute Gasteiger partial charge is 0.330 e. The summed E-state index contributed by atoms with van der Waals surface area (Å²) in [5, 5.41) is 2.96. The Balaban J connectivity index is 1.58. The largest absolute Gasteiger partial charge is 0.354 e. The van der Waals surface area contributed by atoms with Gasteiger partial charge in [-0.2, -0.15) is 0 Å². The van der Waals surface area contributed by atoms with Crippen LogP contribution in [0.2, 0.25) is 0 Å². The van der Waals surface area contributed by atoms with Crippen molar-refractivity contribution in [2.75, 3.05) is 6.54 Å². The molecule has 0 radical (unpaired) electrons.